The zero-order valence-corrected chi connectivity index (χ0v) is 10.4. The van der Waals surface area contributed by atoms with Crippen molar-refractivity contribution in [1.82, 2.24) is 10.2 Å². The normalized spacial score (nSPS) is 21.2. The number of rotatable bonds is 8. The molecule has 0 aromatic heterocycles. The van der Waals surface area contributed by atoms with Gasteiger partial charge in [-0.2, -0.15) is 0 Å². The summed E-state index contributed by atoms with van der Waals surface area (Å²) in [7, 11) is 0. The standard InChI is InChI=1S/C12H26N2O2/c1-2-11(5-8-15)13-9-12(16)10-14-6-3-4-7-14/h11-13,15-16H,2-10H2,1H3. The van der Waals surface area contributed by atoms with Gasteiger partial charge in [-0.25, -0.2) is 0 Å². The summed E-state index contributed by atoms with van der Waals surface area (Å²) in [5, 5.41) is 22.0. The van der Waals surface area contributed by atoms with Crippen molar-refractivity contribution in [2.45, 2.75) is 44.8 Å². The maximum absolute atomic E-state index is 9.86. The van der Waals surface area contributed by atoms with Gasteiger partial charge in [0.2, 0.25) is 0 Å². The number of nitrogens with one attached hydrogen (secondary N) is 1. The molecule has 2 unspecified atom stereocenters. The van der Waals surface area contributed by atoms with Crippen molar-refractivity contribution in [3.8, 4) is 0 Å². The Labute approximate surface area is 98.6 Å². The van der Waals surface area contributed by atoms with Gasteiger partial charge in [0, 0.05) is 25.7 Å². The topological polar surface area (TPSA) is 55.7 Å². The van der Waals surface area contributed by atoms with Crippen molar-refractivity contribution < 1.29 is 10.2 Å². The number of hydrogen-bond donors (Lipinski definition) is 3. The summed E-state index contributed by atoms with van der Waals surface area (Å²) < 4.78 is 0. The fourth-order valence-electron chi connectivity index (χ4n) is 2.24. The van der Waals surface area contributed by atoms with E-state index in [1.807, 2.05) is 0 Å². The molecule has 0 radical (unpaired) electrons. The molecule has 4 nitrogen and oxygen atoms in total. The van der Waals surface area contributed by atoms with Crippen LogP contribution >= 0.6 is 0 Å². The highest BCUT2D eigenvalue weighted by atomic mass is 16.3. The van der Waals surface area contributed by atoms with Crippen LogP contribution in [-0.4, -0.2) is 60.0 Å². The Hall–Kier alpha value is -0.160. The average molecular weight is 230 g/mol. The summed E-state index contributed by atoms with van der Waals surface area (Å²) in [6.07, 6.45) is 4.01. The van der Waals surface area contributed by atoms with Gasteiger partial charge in [-0.05, 0) is 38.8 Å². The molecule has 0 aromatic rings. The lowest BCUT2D eigenvalue weighted by atomic mass is 10.1. The molecule has 0 spiro atoms. The van der Waals surface area contributed by atoms with Gasteiger partial charge in [0.1, 0.15) is 0 Å². The van der Waals surface area contributed by atoms with Crippen LogP contribution in [0.1, 0.15) is 32.6 Å². The molecule has 1 fully saturated rings. The summed E-state index contributed by atoms with van der Waals surface area (Å²) >= 11 is 0. The minimum Gasteiger partial charge on any atom is -0.396 e. The second-order valence-electron chi connectivity index (χ2n) is 4.69. The maximum atomic E-state index is 9.86. The highest BCUT2D eigenvalue weighted by Crippen LogP contribution is 2.07. The van der Waals surface area contributed by atoms with Crippen molar-refractivity contribution in [1.29, 1.82) is 0 Å². The molecule has 96 valence electrons. The summed E-state index contributed by atoms with van der Waals surface area (Å²) in [5.74, 6) is 0. The molecule has 0 bridgehead atoms. The first-order valence-corrected chi connectivity index (χ1v) is 6.51. The number of hydrogen-bond acceptors (Lipinski definition) is 4. The smallest absolute Gasteiger partial charge is 0.0791 e. The van der Waals surface area contributed by atoms with Crippen LogP contribution in [0.4, 0.5) is 0 Å². The molecule has 1 heterocycles. The Morgan fingerprint density at radius 2 is 2.00 bits per heavy atom. The molecular weight excluding hydrogens is 204 g/mol. The van der Waals surface area contributed by atoms with E-state index in [9.17, 15) is 5.11 Å². The van der Waals surface area contributed by atoms with Gasteiger partial charge in [-0.3, -0.25) is 0 Å². The average Bonchev–Trinajstić information content (AvgIpc) is 2.76. The SMILES string of the molecule is CCC(CCO)NCC(O)CN1CCCC1. The van der Waals surface area contributed by atoms with Gasteiger partial charge in [0.25, 0.3) is 0 Å². The van der Waals surface area contributed by atoms with Gasteiger partial charge >= 0.3 is 0 Å². The minimum absolute atomic E-state index is 0.216. The van der Waals surface area contributed by atoms with E-state index in [1.165, 1.54) is 12.8 Å². The molecular formula is C12H26N2O2. The van der Waals surface area contributed by atoms with E-state index in [4.69, 9.17) is 5.11 Å². The van der Waals surface area contributed by atoms with Gasteiger partial charge in [0.05, 0.1) is 6.10 Å². The molecule has 1 aliphatic heterocycles. The number of nitrogens with zero attached hydrogens (tertiary/aromatic N) is 1. The molecule has 0 saturated carbocycles. The first kappa shape index (κ1) is 13.9. The van der Waals surface area contributed by atoms with Crippen molar-refractivity contribution in [2.75, 3.05) is 32.8 Å². The second-order valence-corrected chi connectivity index (χ2v) is 4.69. The van der Waals surface area contributed by atoms with Crippen LogP contribution in [0.5, 0.6) is 0 Å². The number of β-amino-alcohol motifs (C(OH)–C–C–N with tert-alkyl or cyclic N) is 1. The molecule has 1 rings (SSSR count). The summed E-state index contributed by atoms with van der Waals surface area (Å²) in [5.41, 5.74) is 0. The molecule has 4 heteroatoms. The Morgan fingerprint density at radius 1 is 1.31 bits per heavy atom. The van der Waals surface area contributed by atoms with Gasteiger partial charge in [-0.1, -0.05) is 6.92 Å². The van der Waals surface area contributed by atoms with E-state index in [0.29, 0.717) is 12.6 Å². The first-order valence-electron chi connectivity index (χ1n) is 6.51. The van der Waals surface area contributed by atoms with E-state index >= 15 is 0 Å². The van der Waals surface area contributed by atoms with Crippen LogP contribution in [-0.2, 0) is 0 Å². The zero-order valence-electron chi connectivity index (χ0n) is 10.4. The molecule has 2 atom stereocenters. The largest absolute Gasteiger partial charge is 0.396 e. The third-order valence-electron chi connectivity index (χ3n) is 3.28. The van der Waals surface area contributed by atoms with E-state index in [-0.39, 0.29) is 12.7 Å². The Morgan fingerprint density at radius 3 is 2.56 bits per heavy atom. The number of aliphatic hydroxyl groups is 2. The van der Waals surface area contributed by atoms with E-state index in [1.54, 1.807) is 0 Å². The van der Waals surface area contributed by atoms with E-state index in [2.05, 4.69) is 17.1 Å². The molecule has 16 heavy (non-hydrogen) atoms. The van der Waals surface area contributed by atoms with Crippen molar-refractivity contribution in [3.05, 3.63) is 0 Å². The fourth-order valence-corrected chi connectivity index (χ4v) is 2.24. The fraction of sp³-hybridized carbons (Fsp3) is 1.00. The van der Waals surface area contributed by atoms with Crippen LogP contribution < -0.4 is 5.32 Å². The van der Waals surface area contributed by atoms with Crippen LogP contribution in [0.15, 0.2) is 0 Å². The Bertz CT molecular complexity index is 172. The van der Waals surface area contributed by atoms with Crippen molar-refractivity contribution in [3.63, 3.8) is 0 Å². The van der Waals surface area contributed by atoms with Gasteiger partial charge < -0.3 is 20.4 Å². The maximum Gasteiger partial charge on any atom is 0.0791 e. The lowest BCUT2D eigenvalue weighted by Gasteiger charge is -2.22. The van der Waals surface area contributed by atoms with E-state index in [0.717, 1.165) is 32.5 Å². The van der Waals surface area contributed by atoms with Gasteiger partial charge in [0.15, 0.2) is 0 Å². The quantitative estimate of drug-likeness (QED) is 0.557. The molecule has 0 aromatic carbocycles. The lowest BCUT2D eigenvalue weighted by Crippen LogP contribution is -2.41. The third kappa shape index (κ3) is 5.25. The molecule has 0 aliphatic carbocycles. The predicted octanol–water partition coefficient (Wildman–Crippen LogP) is 0.194. The second kappa shape index (κ2) is 8.01. The minimum atomic E-state index is -0.286. The summed E-state index contributed by atoms with van der Waals surface area (Å²) in [6.45, 7) is 5.99. The third-order valence-corrected chi connectivity index (χ3v) is 3.28. The van der Waals surface area contributed by atoms with Crippen molar-refractivity contribution >= 4 is 0 Å². The number of aliphatic hydroxyl groups excluding tert-OH is 2. The first-order chi connectivity index (χ1) is 7.76. The van der Waals surface area contributed by atoms with Crippen LogP contribution in [0.25, 0.3) is 0 Å². The molecule has 1 aliphatic rings. The Kier molecular flexibility index (Phi) is 6.96. The van der Waals surface area contributed by atoms with Crippen LogP contribution in [0.2, 0.25) is 0 Å². The number of likely N-dealkylation sites (tertiary alicyclic amines) is 1. The molecule has 1 saturated heterocycles. The summed E-state index contributed by atoms with van der Waals surface area (Å²) in [4.78, 5) is 2.32. The van der Waals surface area contributed by atoms with Crippen LogP contribution in [0, 0.1) is 0 Å². The highest BCUT2D eigenvalue weighted by Gasteiger charge is 2.16. The summed E-state index contributed by atoms with van der Waals surface area (Å²) in [6, 6.07) is 0.332. The Balaban J connectivity index is 2.10. The lowest BCUT2D eigenvalue weighted by molar-refractivity contribution is 0.118. The van der Waals surface area contributed by atoms with Crippen LogP contribution in [0.3, 0.4) is 0 Å². The van der Waals surface area contributed by atoms with E-state index < -0.39 is 0 Å². The molecule has 3 N–H and O–H groups in total. The highest BCUT2D eigenvalue weighted by molar-refractivity contribution is 4.73. The zero-order chi connectivity index (χ0) is 11.8. The monoisotopic (exact) mass is 230 g/mol. The molecule has 0 amide bonds. The van der Waals surface area contributed by atoms with Gasteiger partial charge in [-0.15, -0.1) is 0 Å². The predicted molar refractivity (Wildman–Crippen MR) is 65.5 cm³/mol. The van der Waals surface area contributed by atoms with Crippen molar-refractivity contribution in [2.24, 2.45) is 0 Å².